The van der Waals surface area contributed by atoms with Gasteiger partial charge in [-0.05, 0) is 127 Å². The van der Waals surface area contributed by atoms with Gasteiger partial charge in [0.05, 0.1) is 55.5 Å². The van der Waals surface area contributed by atoms with Gasteiger partial charge in [0.15, 0.2) is 44.7 Å². The van der Waals surface area contributed by atoms with E-state index in [1.165, 1.54) is 0 Å². The lowest BCUT2D eigenvalue weighted by Crippen LogP contribution is -2.12. The minimum atomic E-state index is -3.81. The van der Waals surface area contributed by atoms with Gasteiger partial charge in [0, 0.05) is 40.9 Å². The Hall–Kier alpha value is -11.2. The van der Waals surface area contributed by atoms with E-state index < -0.39 is 29.5 Å². The van der Waals surface area contributed by atoms with Crippen molar-refractivity contribution in [3.63, 3.8) is 0 Å². The molecule has 0 atom stereocenters. The molecule has 0 unspecified atom stereocenters. The number of nitrogens with zero attached hydrogens (tertiary/aromatic N) is 2. The van der Waals surface area contributed by atoms with Crippen LogP contribution in [0.15, 0.2) is 300 Å². The van der Waals surface area contributed by atoms with E-state index in [-0.39, 0.29) is 52.4 Å². The number of hydrogen-bond acceptors (Lipinski definition) is 13. The van der Waals surface area contributed by atoms with Gasteiger partial charge >= 0.3 is 0 Å². The maximum atomic E-state index is 13.6. The van der Waals surface area contributed by atoms with Gasteiger partial charge in [-0.2, -0.15) is 0 Å². The van der Waals surface area contributed by atoms with Crippen molar-refractivity contribution in [1.82, 2.24) is 19.1 Å². The van der Waals surface area contributed by atoms with Crippen LogP contribution in [0, 0.1) is 0 Å². The molecule has 0 radical (unpaired) electrons. The van der Waals surface area contributed by atoms with E-state index in [1.54, 1.807) is 127 Å². The zero-order valence-electron chi connectivity index (χ0n) is 48.0. The topological polar surface area (TPSA) is 224 Å². The normalized spacial score (nSPS) is 14.2. The summed E-state index contributed by atoms with van der Waals surface area (Å²) >= 11 is 3.29. The average Bonchev–Trinajstić information content (AvgIpc) is 0.746. The van der Waals surface area contributed by atoms with Crippen LogP contribution < -0.4 is 14.2 Å². The average molecular weight is 1350 g/mol. The van der Waals surface area contributed by atoms with Gasteiger partial charge in [0.25, 0.3) is 0 Å². The fourth-order valence-corrected chi connectivity index (χ4v) is 16.8. The van der Waals surface area contributed by atoms with Gasteiger partial charge in [0.2, 0.25) is 29.5 Å². The molecule has 93 heavy (non-hydrogen) atoms. The van der Waals surface area contributed by atoms with E-state index in [1.807, 2.05) is 130 Å². The molecule has 17 nitrogen and oxygen atoms in total. The molecule has 3 aliphatic rings. The molecule has 19 rings (SSSR count). The van der Waals surface area contributed by atoms with Crippen molar-refractivity contribution in [3.05, 3.63) is 253 Å². The Labute approximate surface area is 535 Å². The zero-order valence-corrected chi connectivity index (χ0v) is 52.0. The quantitative estimate of drug-likeness (QED) is 0.154. The van der Waals surface area contributed by atoms with Crippen molar-refractivity contribution in [2.75, 3.05) is 0 Å². The number of aromatic nitrogens is 4. The second-order valence-corrected chi connectivity index (χ2v) is 28.5. The summed E-state index contributed by atoms with van der Waals surface area (Å²) in [6.45, 7) is 0. The molecule has 4 aromatic heterocycles. The third kappa shape index (κ3) is 9.25. The molecule has 0 saturated heterocycles. The predicted octanol–water partition coefficient (Wildman–Crippen LogP) is 18.7. The SMILES string of the molecule is O=S1(=O)c2ccccc2Oc2cc(-n3c4ccccc4oc4cc5c(cc43)oc3ccccc3n5-c3ccc4c(c3)Oc3ccccc3S4(=O)=O)ccc21.O=S1(=O)c2ccccc2Oc2cc(Br)ccc21.c1ccc2oc3cc4[nH]c5ccccc5oc4cc3[nH]c2c1. The summed E-state index contributed by atoms with van der Waals surface area (Å²) in [5.74, 6) is 1.69. The molecule has 0 saturated carbocycles. The molecule has 7 heterocycles. The van der Waals surface area contributed by atoms with Gasteiger partial charge in [-0.3, -0.25) is 0 Å². The van der Waals surface area contributed by atoms with Crippen molar-refractivity contribution < 1.29 is 57.1 Å². The molecule has 21 heteroatoms. The number of sulfone groups is 3. The van der Waals surface area contributed by atoms with Gasteiger partial charge in [0.1, 0.15) is 63.9 Å². The first-order chi connectivity index (χ1) is 45.2. The summed E-state index contributed by atoms with van der Waals surface area (Å²) in [5, 5.41) is 0. The number of halogens is 1. The first-order valence-corrected chi connectivity index (χ1v) is 34.2. The van der Waals surface area contributed by atoms with E-state index >= 15 is 0 Å². The van der Waals surface area contributed by atoms with Crippen LogP contribution in [-0.4, -0.2) is 44.4 Å². The lowest BCUT2D eigenvalue weighted by atomic mass is 10.2. The highest BCUT2D eigenvalue weighted by Gasteiger charge is 2.34. The van der Waals surface area contributed by atoms with Crippen LogP contribution in [0.1, 0.15) is 0 Å². The third-order valence-electron chi connectivity index (χ3n) is 16.2. The Morgan fingerprint density at radius 3 is 1.03 bits per heavy atom. The lowest BCUT2D eigenvalue weighted by molar-refractivity contribution is 0.442. The molecule has 2 N–H and O–H groups in total. The number of nitrogens with one attached hydrogen (secondary N) is 2. The minimum Gasteiger partial charge on any atom is -0.455 e. The van der Waals surface area contributed by atoms with E-state index in [9.17, 15) is 25.3 Å². The highest BCUT2D eigenvalue weighted by atomic mass is 79.9. The zero-order chi connectivity index (χ0) is 62.9. The fraction of sp³-hybridized carbons (Fsp3) is 0. The number of H-pyrrole nitrogens is 2. The minimum absolute atomic E-state index is 0.0815. The largest absolute Gasteiger partial charge is 0.455 e. The lowest BCUT2D eigenvalue weighted by Gasteiger charge is -2.23. The number of para-hydroxylation sites is 11. The third-order valence-corrected chi connectivity index (χ3v) is 22.2. The van der Waals surface area contributed by atoms with Crippen molar-refractivity contribution in [2.24, 2.45) is 0 Å². The molecule has 0 amide bonds. The Morgan fingerprint density at radius 2 is 0.602 bits per heavy atom. The van der Waals surface area contributed by atoms with Crippen LogP contribution in [-0.2, 0) is 29.5 Å². The molecular formula is C72H43BrN4O13S3. The second-order valence-electron chi connectivity index (χ2n) is 21.9. The summed E-state index contributed by atoms with van der Waals surface area (Å²) in [4.78, 5) is 7.60. The number of aromatic amines is 2. The van der Waals surface area contributed by atoms with Gasteiger partial charge in [-0.1, -0.05) is 101 Å². The van der Waals surface area contributed by atoms with Crippen LogP contribution in [0.3, 0.4) is 0 Å². The predicted molar refractivity (Wildman–Crippen MR) is 355 cm³/mol. The molecular weight excluding hydrogens is 1300 g/mol. The molecule has 0 aliphatic carbocycles. The number of fused-ring (bicyclic) bond motifs is 14. The summed E-state index contributed by atoms with van der Waals surface area (Å²) in [5.41, 5.74) is 13.1. The molecule has 16 aromatic rings. The van der Waals surface area contributed by atoms with E-state index in [4.69, 9.17) is 31.9 Å². The number of benzene rings is 12. The fourth-order valence-electron chi connectivity index (χ4n) is 12.0. The highest BCUT2D eigenvalue weighted by Crippen LogP contribution is 2.47. The Kier molecular flexibility index (Phi) is 12.7. The number of rotatable bonds is 2. The van der Waals surface area contributed by atoms with Gasteiger partial charge in [-0.25, -0.2) is 25.3 Å². The maximum Gasteiger partial charge on any atom is 0.213 e. The molecule has 0 bridgehead atoms. The summed E-state index contributed by atoms with van der Waals surface area (Å²) < 4.78 is 127. The van der Waals surface area contributed by atoms with Crippen molar-refractivity contribution in [1.29, 1.82) is 0 Å². The number of ether oxygens (including phenoxy) is 3. The first-order valence-electron chi connectivity index (χ1n) is 28.9. The summed E-state index contributed by atoms with van der Waals surface area (Å²) in [6, 6.07) is 73.4. The van der Waals surface area contributed by atoms with Crippen molar-refractivity contribution in [2.45, 2.75) is 29.4 Å². The Bertz CT molecular complexity index is 5930. The molecule has 12 aromatic carbocycles. The van der Waals surface area contributed by atoms with Crippen LogP contribution in [0.4, 0.5) is 0 Å². The summed E-state index contributed by atoms with van der Waals surface area (Å²) in [6.07, 6.45) is 0. The van der Waals surface area contributed by atoms with Gasteiger partial charge in [-0.15, -0.1) is 0 Å². The Morgan fingerprint density at radius 1 is 0.269 bits per heavy atom. The van der Waals surface area contributed by atoms with E-state index in [0.29, 0.717) is 56.2 Å². The monoisotopic (exact) mass is 1350 g/mol. The van der Waals surface area contributed by atoms with Crippen LogP contribution >= 0.6 is 15.9 Å². The molecule has 454 valence electrons. The summed E-state index contributed by atoms with van der Waals surface area (Å²) in [7, 11) is -11.1. The van der Waals surface area contributed by atoms with Crippen molar-refractivity contribution in [3.8, 4) is 45.9 Å². The second kappa shape index (κ2) is 21.2. The highest BCUT2D eigenvalue weighted by molar-refractivity contribution is 9.10. The maximum absolute atomic E-state index is 13.6. The smallest absolute Gasteiger partial charge is 0.213 e. The van der Waals surface area contributed by atoms with Crippen molar-refractivity contribution >= 4 is 134 Å². The van der Waals surface area contributed by atoms with E-state index in [2.05, 4.69) is 25.9 Å². The Balaban J connectivity index is 0.000000137. The van der Waals surface area contributed by atoms with Gasteiger partial charge < -0.3 is 51.0 Å². The molecule has 3 aliphatic heterocycles. The van der Waals surface area contributed by atoms with Crippen LogP contribution in [0.25, 0.3) is 100 Å². The standard InChI is InChI=1S/C42H24N2O8S2.C18H12N2O2.C12H7BrO3S/c45-53(46)39-15-7-5-13-33(39)51-37-21-25(17-19-41(37)53)43-27-9-1-3-11-31(27)49-35-24-30-36(23-29(35)43)50-32-12-4-2-10-28(32)44(30)26-18-20-42-38(22-26)52-34-14-6-8-16-40(34)54(42,47)48;1-3-7-15-11(5-1)19-13-9-18-14(10-17(13)21-15)20-12-6-2-4-8-16(12)22-18;13-8-5-6-12-10(7-8)16-9-3-1-2-4-11(9)17(12,14)15/h1-24H;1-10,19-20H;1-7H. The molecule has 0 fully saturated rings. The first kappa shape index (κ1) is 55.8. The molecule has 0 spiro atoms. The number of hydrogen-bond donors (Lipinski definition) is 2. The van der Waals surface area contributed by atoms with E-state index in [0.717, 1.165) is 59.9 Å². The van der Waals surface area contributed by atoms with Crippen LogP contribution in [0.2, 0.25) is 0 Å². The van der Waals surface area contributed by atoms with Crippen LogP contribution in [0.5, 0.6) is 34.5 Å².